The molecule has 55 heavy (non-hydrogen) atoms. The summed E-state index contributed by atoms with van der Waals surface area (Å²) in [6.07, 6.45) is 3.04. The number of aromatic nitrogens is 5. The number of amides is 4. The quantitative estimate of drug-likeness (QED) is 0.245. The normalized spacial score (nSPS) is 18.1. The van der Waals surface area contributed by atoms with E-state index in [2.05, 4.69) is 20.7 Å². The number of nitrogens with one attached hydrogen (secondary N) is 2. The molecule has 0 saturated carbocycles. The second kappa shape index (κ2) is 14.7. The summed E-state index contributed by atoms with van der Waals surface area (Å²) in [6, 6.07) is 5.29. The maximum Gasteiger partial charge on any atom is 0.416 e. The van der Waals surface area contributed by atoms with Crippen LogP contribution in [0.4, 0.5) is 23.7 Å². The zero-order valence-corrected chi connectivity index (χ0v) is 30.9. The predicted molar refractivity (Wildman–Crippen MR) is 196 cm³/mol. The molecule has 4 heterocycles. The first-order valence-corrected chi connectivity index (χ1v) is 18.3. The molecule has 18 heteroatoms. The number of anilines is 1. The van der Waals surface area contributed by atoms with Crippen molar-refractivity contribution in [3.8, 4) is 5.75 Å². The molecule has 0 radical (unpaired) electrons. The van der Waals surface area contributed by atoms with E-state index in [4.69, 9.17) is 16.6 Å². The third kappa shape index (κ3) is 7.36. The summed E-state index contributed by atoms with van der Waals surface area (Å²) in [5, 5.41) is 20.2. The average Bonchev–Trinajstić information content (AvgIpc) is 3.60. The van der Waals surface area contributed by atoms with Crippen LogP contribution >= 0.6 is 11.6 Å². The minimum Gasteiger partial charge on any atom is -0.505 e. The Balaban J connectivity index is 1.24. The number of aromatic hydroxyl groups is 1. The number of hydrogen-bond donors (Lipinski definition) is 3. The number of halogens is 4. The molecule has 0 bridgehead atoms. The van der Waals surface area contributed by atoms with Crippen LogP contribution in [0.3, 0.4) is 0 Å². The monoisotopic (exact) mass is 781 g/mol. The summed E-state index contributed by atoms with van der Waals surface area (Å²) >= 11 is 6.17. The highest BCUT2D eigenvalue weighted by atomic mass is 35.5. The van der Waals surface area contributed by atoms with Crippen LogP contribution in [0.15, 0.2) is 47.4 Å². The molecule has 3 aliphatic rings. The van der Waals surface area contributed by atoms with Gasteiger partial charge in [0.1, 0.15) is 12.3 Å². The van der Waals surface area contributed by atoms with Gasteiger partial charge in [-0.1, -0.05) is 17.7 Å². The summed E-state index contributed by atoms with van der Waals surface area (Å²) in [4.78, 5) is 65.7. The lowest BCUT2D eigenvalue weighted by Gasteiger charge is -2.45. The van der Waals surface area contributed by atoms with E-state index in [1.165, 1.54) is 27.7 Å². The Morgan fingerprint density at radius 1 is 1.11 bits per heavy atom. The fraction of sp³-hybridized carbons (Fsp3) is 0.432. The van der Waals surface area contributed by atoms with Crippen LogP contribution in [0.2, 0.25) is 5.02 Å². The molecular weight excluding hydrogens is 743 g/mol. The number of likely N-dealkylation sites (tertiary alicyclic amines) is 1. The average molecular weight is 782 g/mol. The van der Waals surface area contributed by atoms with E-state index in [1.54, 1.807) is 23.6 Å². The SMILES string of the molecule is CN(C)C(=O)NC1CC=C(c2nc3n(CC(=O)Nc4ccc(C(F)(F)F)cc4Cl)c4c(c(=O)n3n2)C2(CCC4)CCN(C(=O)c3ncccc3O)CC2)CC1. The van der Waals surface area contributed by atoms with Crippen molar-refractivity contribution in [1.82, 2.24) is 39.3 Å². The summed E-state index contributed by atoms with van der Waals surface area (Å²) < 4.78 is 42.7. The maximum absolute atomic E-state index is 14.6. The Morgan fingerprint density at radius 3 is 2.53 bits per heavy atom. The highest BCUT2D eigenvalue weighted by Crippen LogP contribution is 2.44. The molecule has 7 rings (SSSR count). The van der Waals surface area contributed by atoms with Crippen LogP contribution in [-0.2, 0) is 29.4 Å². The van der Waals surface area contributed by atoms with E-state index < -0.39 is 29.0 Å². The van der Waals surface area contributed by atoms with Gasteiger partial charge in [-0.15, -0.1) is 5.10 Å². The van der Waals surface area contributed by atoms with E-state index >= 15 is 0 Å². The fourth-order valence-electron chi connectivity index (χ4n) is 7.86. The number of hydrogen-bond acceptors (Lipinski definition) is 8. The number of piperidine rings is 1. The van der Waals surface area contributed by atoms with Gasteiger partial charge in [-0.3, -0.25) is 14.4 Å². The van der Waals surface area contributed by atoms with Gasteiger partial charge in [0.2, 0.25) is 11.7 Å². The van der Waals surface area contributed by atoms with Crippen molar-refractivity contribution < 1.29 is 32.7 Å². The highest BCUT2D eigenvalue weighted by Gasteiger charge is 2.45. The molecule has 14 nitrogen and oxygen atoms in total. The topological polar surface area (TPSA) is 167 Å². The lowest BCUT2D eigenvalue weighted by molar-refractivity contribution is -0.137. The first kappa shape index (κ1) is 37.8. The van der Waals surface area contributed by atoms with E-state index in [-0.39, 0.29) is 52.1 Å². The van der Waals surface area contributed by atoms with E-state index in [0.717, 1.165) is 23.8 Å². The number of benzene rings is 1. The molecule has 1 atom stereocenters. The summed E-state index contributed by atoms with van der Waals surface area (Å²) in [5.41, 5.74) is -0.190. The van der Waals surface area contributed by atoms with Gasteiger partial charge in [0.05, 0.1) is 16.3 Å². The number of carbonyl (C=O) groups is 3. The molecule has 1 saturated heterocycles. The van der Waals surface area contributed by atoms with Crippen LogP contribution in [0.25, 0.3) is 11.4 Å². The Labute approximate surface area is 318 Å². The largest absolute Gasteiger partial charge is 0.505 e. The van der Waals surface area contributed by atoms with Crippen LogP contribution in [-0.4, -0.2) is 90.1 Å². The van der Waals surface area contributed by atoms with Crippen LogP contribution in [0.1, 0.15) is 78.1 Å². The first-order chi connectivity index (χ1) is 26.1. The van der Waals surface area contributed by atoms with Gasteiger partial charge in [-0.05, 0) is 87.3 Å². The van der Waals surface area contributed by atoms with E-state index in [0.29, 0.717) is 81.5 Å². The van der Waals surface area contributed by atoms with E-state index in [9.17, 15) is 37.5 Å². The summed E-state index contributed by atoms with van der Waals surface area (Å²) in [7, 11) is 3.32. The maximum atomic E-state index is 14.6. The molecule has 290 valence electrons. The summed E-state index contributed by atoms with van der Waals surface area (Å²) in [5.74, 6) is -0.806. The molecule has 3 aromatic heterocycles. The molecule has 1 unspecified atom stereocenters. The molecule has 1 aliphatic heterocycles. The van der Waals surface area contributed by atoms with Crippen molar-refractivity contribution in [3.63, 3.8) is 0 Å². The van der Waals surface area contributed by atoms with Gasteiger partial charge >= 0.3 is 12.2 Å². The van der Waals surface area contributed by atoms with Crippen LogP contribution in [0, 0.1) is 0 Å². The van der Waals surface area contributed by atoms with Crippen molar-refractivity contribution in [2.75, 3.05) is 32.5 Å². The minimum atomic E-state index is -4.62. The van der Waals surface area contributed by atoms with Crippen molar-refractivity contribution in [1.29, 1.82) is 0 Å². The predicted octanol–water partition coefficient (Wildman–Crippen LogP) is 5.02. The zero-order chi connectivity index (χ0) is 39.2. The van der Waals surface area contributed by atoms with Crippen molar-refractivity contribution in [2.24, 2.45) is 0 Å². The Hall–Kier alpha value is -5.45. The summed E-state index contributed by atoms with van der Waals surface area (Å²) in [6.45, 7) is 0.234. The van der Waals surface area contributed by atoms with E-state index in [1.807, 2.05) is 6.08 Å². The standard InChI is InChI=1S/C37H39ClF3N9O5/c1-47(2)35(55)43-23-10-7-21(8-11-23)31-45-34-49(20-28(52)44-25-12-9-22(19-24(25)38)37(39,40)41)26-5-3-13-36(29(26)32(53)50(34)46-31)14-17-48(18-15-36)33(54)30-27(51)6-4-16-42-30/h4,6-7,9,12,16,19,23,51H,3,5,8,10-11,13-15,17-18,20H2,1-2H3,(H,43,55)(H,44,52). The molecule has 4 aromatic rings. The lowest BCUT2D eigenvalue weighted by Crippen LogP contribution is -2.50. The second-order valence-corrected chi connectivity index (χ2v) is 14.8. The molecule has 2 aliphatic carbocycles. The molecule has 3 N–H and O–H groups in total. The first-order valence-electron chi connectivity index (χ1n) is 18.0. The van der Waals surface area contributed by atoms with Gasteiger partial charge in [-0.25, -0.2) is 9.78 Å². The Kier molecular flexibility index (Phi) is 10.1. The molecule has 4 amide bonds. The molecule has 1 spiro atoms. The number of rotatable bonds is 6. The number of alkyl halides is 3. The molecule has 1 fully saturated rings. The smallest absolute Gasteiger partial charge is 0.416 e. The van der Waals surface area contributed by atoms with Gasteiger partial charge in [0.25, 0.3) is 11.5 Å². The van der Waals surface area contributed by atoms with Crippen molar-refractivity contribution in [3.05, 3.63) is 86.3 Å². The molecular formula is C37H39ClF3N9O5. The number of nitrogens with zero attached hydrogens (tertiary/aromatic N) is 7. The number of carbonyl (C=O) groups excluding carboxylic acids is 3. The van der Waals surface area contributed by atoms with Crippen molar-refractivity contribution >= 4 is 46.5 Å². The van der Waals surface area contributed by atoms with Gasteiger partial charge in [0.15, 0.2) is 11.5 Å². The van der Waals surface area contributed by atoms with Gasteiger partial charge < -0.3 is 30.1 Å². The second-order valence-electron chi connectivity index (χ2n) is 14.4. The van der Waals surface area contributed by atoms with Gasteiger partial charge in [0, 0.05) is 56.1 Å². The fourth-order valence-corrected chi connectivity index (χ4v) is 8.09. The molecule has 1 aromatic carbocycles. The number of pyridine rings is 1. The Morgan fingerprint density at radius 2 is 1.87 bits per heavy atom. The number of allylic oxidation sites excluding steroid dienone is 1. The third-order valence-corrected chi connectivity index (χ3v) is 11.1. The van der Waals surface area contributed by atoms with Crippen LogP contribution in [0.5, 0.6) is 5.75 Å². The van der Waals surface area contributed by atoms with Crippen LogP contribution < -0.4 is 16.2 Å². The lowest BCUT2D eigenvalue weighted by atomic mass is 9.66. The third-order valence-electron chi connectivity index (χ3n) is 10.8. The number of fused-ring (bicyclic) bond motifs is 3. The number of urea groups is 1. The van der Waals surface area contributed by atoms with Crippen molar-refractivity contribution in [2.45, 2.75) is 75.5 Å². The highest BCUT2D eigenvalue weighted by molar-refractivity contribution is 6.33. The Bertz CT molecular complexity index is 2280. The zero-order valence-electron chi connectivity index (χ0n) is 30.1. The van der Waals surface area contributed by atoms with Gasteiger partial charge in [-0.2, -0.15) is 22.7 Å². The minimum absolute atomic E-state index is 0.0107.